The summed E-state index contributed by atoms with van der Waals surface area (Å²) in [6.45, 7) is 14.4. The summed E-state index contributed by atoms with van der Waals surface area (Å²) >= 11 is 0. The Hall–Kier alpha value is -1.10. The lowest BCUT2D eigenvalue weighted by molar-refractivity contribution is -0.136. The minimum absolute atomic E-state index is 0.00226. The third kappa shape index (κ3) is 4.70. The second-order valence-corrected chi connectivity index (χ2v) is 7.68. The molecule has 0 spiro atoms. The van der Waals surface area contributed by atoms with Crippen LogP contribution < -0.4 is 0 Å². The van der Waals surface area contributed by atoms with E-state index >= 15 is 0 Å². The fourth-order valence-electron chi connectivity index (χ4n) is 3.36. The van der Waals surface area contributed by atoms with Crippen LogP contribution in [0.25, 0.3) is 0 Å². The van der Waals surface area contributed by atoms with E-state index in [4.69, 9.17) is 14.6 Å². The number of ether oxygens (including phenoxy) is 1. The number of carboxylic acid groups (broad SMARTS) is 1. The Morgan fingerprint density at radius 1 is 1.38 bits per heavy atom. The zero-order chi connectivity index (χ0) is 16.4. The number of rotatable bonds is 3. The predicted molar refractivity (Wildman–Crippen MR) is 81.0 cm³/mol. The first-order chi connectivity index (χ1) is 9.52. The van der Waals surface area contributed by atoms with Gasteiger partial charge < -0.3 is 14.7 Å². The molecule has 0 aromatic rings. The molecule has 21 heavy (non-hydrogen) atoms. The number of carbonyl (C=O) groups is 2. The molecule has 0 radical (unpaired) electrons. The molecule has 2 rings (SSSR count). The monoisotopic (exact) mass is 299 g/mol. The number of likely N-dealkylation sites (tertiary alicyclic amines) is 1. The van der Waals surface area contributed by atoms with Gasteiger partial charge in [0.25, 0.3) is 6.47 Å². The Balaban J connectivity index is 0.000000677. The minimum Gasteiger partial charge on any atom is -0.483 e. The van der Waals surface area contributed by atoms with Crippen LogP contribution in [0.5, 0.6) is 0 Å². The average Bonchev–Trinajstić information content (AvgIpc) is 2.69. The molecule has 2 aliphatic rings. The van der Waals surface area contributed by atoms with E-state index in [1.807, 2.05) is 32.6 Å². The number of hydrogen-bond donors (Lipinski definition) is 1. The first-order valence-corrected chi connectivity index (χ1v) is 7.56. The van der Waals surface area contributed by atoms with E-state index in [9.17, 15) is 4.79 Å². The van der Waals surface area contributed by atoms with Gasteiger partial charge in [-0.1, -0.05) is 13.8 Å². The van der Waals surface area contributed by atoms with Gasteiger partial charge in [0.1, 0.15) is 0 Å². The lowest BCUT2D eigenvalue weighted by Gasteiger charge is -2.27. The molecule has 3 atom stereocenters. The summed E-state index contributed by atoms with van der Waals surface area (Å²) in [4.78, 5) is 22.6. The normalized spacial score (nSPS) is 27.2. The van der Waals surface area contributed by atoms with Crippen molar-refractivity contribution in [1.29, 1.82) is 0 Å². The van der Waals surface area contributed by atoms with Gasteiger partial charge in [0.15, 0.2) is 0 Å². The maximum atomic E-state index is 12.2. The van der Waals surface area contributed by atoms with Gasteiger partial charge in [-0.15, -0.1) is 0 Å². The molecule has 1 aliphatic heterocycles. The van der Waals surface area contributed by atoms with Crippen molar-refractivity contribution in [2.45, 2.75) is 59.7 Å². The topological polar surface area (TPSA) is 66.8 Å². The molecule has 1 saturated carbocycles. The first-order valence-electron chi connectivity index (χ1n) is 7.56. The second-order valence-electron chi connectivity index (χ2n) is 7.68. The lowest BCUT2D eigenvalue weighted by Crippen LogP contribution is -2.36. The number of piperidine rings is 1. The van der Waals surface area contributed by atoms with Gasteiger partial charge in [0.2, 0.25) is 5.91 Å². The van der Waals surface area contributed by atoms with Crippen molar-refractivity contribution in [2.75, 3.05) is 13.1 Å². The van der Waals surface area contributed by atoms with Crippen molar-refractivity contribution < 1.29 is 19.4 Å². The Morgan fingerprint density at radius 3 is 2.19 bits per heavy atom. The van der Waals surface area contributed by atoms with Crippen LogP contribution in [0.2, 0.25) is 0 Å². The fraction of sp³-hybridized carbons (Fsp3) is 0.875. The second kappa shape index (κ2) is 6.34. The van der Waals surface area contributed by atoms with E-state index in [0.717, 1.165) is 24.9 Å². The molecule has 2 fully saturated rings. The molecule has 0 aromatic carbocycles. The first kappa shape index (κ1) is 18.0. The predicted octanol–water partition coefficient (Wildman–Crippen LogP) is 2.40. The summed E-state index contributed by atoms with van der Waals surface area (Å²) in [6, 6.07) is 0. The third-order valence-corrected chi connectivity index (χ3v) is 4.49. The standard InChI is InChI=1S/C15H27NO2.CH2O2/c1-10(18-14(2,3)4)7-13(17)16-8-11-12(9-16)15(11,5)6;2-1-3/h10-12H,7-9H2,1-6H3;1H,(H,2,3)/t10-,11?,12?;/m1./s1. The van der Waals surface area contributed by atoms with Crippen molar-refractivity contribution in [3.05, 3.63) is 0 Å². The highest BCUT2D eigenvalue weighted by Gasteiger charge is 2.62. The molecule has 5 heteroatoms. The molecule has 5 nitrogen and oxygen atoms in total. The molecule has 1 amide bonds. The third-order valence-electron chi connectivity index (χ3n) is 4.49. The summed E-state index contributed by atoms with van der Waals surface area (Å²) in [7, 11) is 0. The van der Waals surface area contributed by atoms with Crippen molar-refractivity contribution >= 4 is 12.4 Å². The van der Waals surface area contributed by atoms with Crippen LogP contribution in [-0.4, -0.2) is 47.2 Å². The smallest absolute Gasteiger partial charge is 0.290 e. The van der Waals surface area contributed by atoms with Crippen LogP contribution in [0.15, 0.2) is 0 Å². The SMILES string of the molecule is C[C@H](CC(=O)N1CC2C(C1)C2(C)C)OC(C)(C)C.O=CO. The van der Waals surface area contributed by atoms with Crippen LogP contribution in [0, 0.1) is 17.3 Å². The largest absolute Gasteiger partial charge is 0.483 e. The number of nitrogens with zero attached hydrogens (tertiary/aromatic N) is 1. The van der Waals surface area contributed by atoms with Crippen LogP contribution >= 0.6 is 0 Å². The van der Waals surface area contributed by atoms with Gasteiger partial charge in [-0.3, -0.25) is 9.59 Å². The van der Waals surface area contributed by atoms with Gasteiger partial charge in [0, 0.05) is 13.1 Å². The van der Waals surface area contributed by atoms with Crippen molar-refractivity contribution in [1.82, 2.24) is 4.90 Å². The quantitative estimate of drug-likeness (QED) is 0.813. The van der Waals surface area contributed by atoms with Crippen molar-refractivity contribution in [2.24, 2.45) is 17.3 Å². The average molecular weight is 299 g/mol. The summed E-state index contributed by atoms with van der Waals surface area (Å²) < 4.78 is 5.80. The summed E-state index contributed by atoms with van der Waals surface area (Å²) in [5.74, 6) is 1.73. The molecule has 1 N–H and O–H groups in total. The Bertz CT molecular complexity index is 372. The Kier molecular flexibility index (Phi) is 5.42. The molecule has 0 bridgehead atoms. The van der Waals surface area contributed by atoms with Crippen LogP contribution in [0.3, 0.4) is 0 Å². The summed E-state index contributed by atoms with van der Waals surface area (Å²) in [5, 5.41) is 6.89. The van der Waals surface area contributed by atoms with Gasteiger partial charge in [-0.05, 0) is 44.9 Å². The summed E-state index contributed by atoms with van der Waals surface area (Å²) in [6.07, 6.45) is 0.513. The van der Waals surface area contributed by atoms with Crippen LogP contribution in [0.1, 0.15) is 48.0 Å². The number of hydrogen-bond acceptors (Lipinski definition) is 3. The van der Waals surface area contributed by atoms with Gasteiger partial charge in [0.05, 0.1) is 18.1 Å². The molecule has 1 saturated heterocycles. The summed E-state index contributed by atoms with van der Waals surface area (Å²) in [5.41, 5.74) is 0.305. The molecule has 1 aliphatic carbocycles. The van der Waals surface area contributed by atoms with E-state index in [2.05, 4.69) is 13.8 Å². The van der Waals surface area contributed by atoms with Gasteiger partial charge in [-0.2, -0.15) is 0 Å². The molecule has 1 heterocycles. The highest BCUT2D eigenvalue weighted by Crippen LogP contribution is 2.61. The van der Waals surface area contributed by atoms with Crippen LogP contribution in [-0.2, 0) is 14.3 Å². The van der Waals surface area contributed by atoms with Gasteiger partial charge in [-0.25, -0.2) is 0 Å². The van der Waals surface area contributed by atoms with E-state index in [1.165, 1.54) is 0 Å². The molecule has 0 aromatic heterocycles. The Labute approximate surface area is 127 Å². The maximum absolute atomic E-state index is 12.2. The zero-order valence-electron chi connectivity index (χ0n) is 14.0. The molecule has 122 valence electrons. The van der Waals surface area contributed by atoms with E-state index in [-0.39, 0.29) is 24.1 Å². The van der Waals surface area contributed by atoms with E-state index in [1.54, 1.807) is 0 Å². The molecular weight excluding hydrogens is 270 g/mol. The number of carbonyl (C=O) groups excluding carboxylic acids is 1. The highest BCUT2D eigenvalue weighted by atomic mass is 16.5. The molecular formula is C16H29NO4. The number of fused-ring (bicyclic) bond motifs is 1. The van der Waals surface area contributed by atoms with Crippen molar-refractivity contribution in [3.63, 3.8) is 0 Å². The van der Waals surface area contributed by atoms with Gasteiger partial charge >= 0.3 is 0 Å². The lowest BCUT2D eigenvalue weighted by atomic mass is 10.1. The zero-order valence-corrected chi connectivity index (χ0v) is 14.0. The Morgan fingerprint density at radius 2 is 1.81 bits per heavy atom. The van der Waals surface area contributed by atoms with E-state index < -0.39 is 0 Å². The van der Waals surface area contributed by atoms with E-state index in [0.29, 0.717) is 11.8 Å². The fourth-order valence-corrected chi connectivity index (χ4v) is 3.36. The number of amides is 1. The minimum atomic E-state index is -0.250. The van der Waals surface area contributed by atoms with Crippen LogP contribution in [0.4, 0.5) is 0 Å². The van der Waals surface area contributed by atoms with Crippen molar-refractivity contribution in [3.8, 4) is 0 Å². The molecule has 2 unspecified atom stereocenters. The highest BCUT2D eigenvalue weighted by molar-refractivity contribution is 5.77. The maximum Gasteiger partial charge on any atom is 0.290 e.